The van der Waals surface area contributed by atoms with Crippen molar-refractivity contribution < 1.29 is 23.2 Å². The van der Waals surface area contributed by atoms with E-state index in [1.54, 1.807) is 25.4 Å². The summed E-state index contributed by atoms with van der Waals surface area (Å²) in [6.45, 7) is -2.73. The molecule has 0 atom stereocenters. The van der Waals surface area contributed by atoms with E-state index in [4.69, 9.17) is 0 Å². The molecule has 0 saturated carbocycles. The van der Waals surface area contributed by atoms with E-state index in [-0.39, 0.29) is 23.5 Å². The number of imidazole rings is 1. The van der Waals surface area contributed by atoms with Crippen LogP contribution < -0.4 is 4.74 Å². The van der Waals surface area contributed by atoms with Gasteiger partial charge in [-0.15, -0.1) is 0 Å². The third kappa shape index (κ3) is 4.72. The third-order valence-electron chi connectivity index (χ3n) is 4.12. The second kappa shape index (κ2) is 8.46. The number of alkyl halides is 2. The minimum Gasteiger partial charge on any atom is -0.435 e. The maximum atomic E-state index is 12.7. The van der Waals surface area contributed by atoms with Gasteiger partial charge in [-0.1, -0.05) is 12.1 Å². The van der Waals surface area contributed by atoms with Gasteiger partial charge < -0.3 is 14.2 Å². The number of amides is 1. The molecule has 0 spiro atoms. The van der Waals surface area contributed by atoms with Crippen LogP contribution in [0.1, 0.15) is 15.9 Å². The van der Waals surface area contributed by atoms with Gasteiger partial charge in [0.2, 0.25) is 0 Å². The number of nitro benzene ring substituents is 1. The first kappa shape index (κ1) is 19.9. The molecule has 0 unspecified atom stereocenters. The number of hydrogen-bond donors (Lipinski definition) is 0. The Balaban J connectivity index is 1.77. The van der Waals surface area contributed by atoms with Crippen molar-refractivity contribution in [1.82, 2.24) is 14.5 Å². The molecule has 0 bridgehead atoms. The van der Waals surface area contributed by atoms with Gasteiger partial charge in [0, 0.05) is 37.6 Å². The maximum absolute atomic E-state index is 12.7. The molecule has 29 heavy (non-hydrogen) atoms. The predicted molar refractivity (Wildman–Crippen MR) is 99.1 cm³/mol. The molecule has 1 heterocycles. The zero-order valence-electron chi connectivity index (χ0n) is 15.2. The number of nitro groups is 1. The van der Waals surface area contributed by atoms with Crippen LogP contribution in [0.5, 0.6) is 5.75 Å². The molecule has 0 aliphatic carbocycles. The number of ether oxygens (including phenoxy) is 1. The van der Waals surface area contributed by atoms with Crippen molar-refractivity contribution in [3.05, 3.63) is 82.4 Å². The predicted octanol–water partition coefficient (Wildman–Crippen LogP) is 3.65. The van der Waals surface area contributed by atoms with Gasteiger partial charge in [-0.25, -0.2) is 4.98 Å². The lowest BCUT2D eigenvalue weighted by Gasteiger charge is -2.18. The fourth-order valence-corrected chi connectivity index (χ4v) is 2.77. The summed E-state index contributed by atoms with van der Waals surface area (Å²) < 4.78 is 30.2. The van der Waals surface area contributed by atoms with Gasteiger partial charge in [0.25, 0.3) is 11.6 Å². The van der Waals surface area contributed by atoms with Gasteiger partial charge in [-0.05, 0) is 29.8 Å². The Hall–Kier alpha value is -3.82. The molecule has 150 valence electrons. The lowest BCUT2D eigenvalue weighted by molar-refractivity contribution is -0.384. The van der Waals surface area contributed by atoms with Crippen LogP contribution in [0.3, 0.4) is 0 Å². The van der Waals surface area contributed by atoms with Gasteiger partial charge in [0.1, 0.15) is 11.4 Å². The van der Waals surface area contributed by atoms with E-state index < -0.39 is 17.4 Å². The summed E-state index contributed by atoms with van der Waals surface area (Å²) in [6, 6.07) is 10.1. The van der Waals surface area contributed by atoms with Gasteiger partial charge >= 0.3 is 6.61 Å². The standard InChI is InChI=1S/C19H16F2N4O4/c1-23(11-13-2-5-15(6-3-13)29-19(20)21)18(26)14-4-7-16(17(10-14)25(27)28)24-9-8-22-12-24/h2-10,12,19H,11H2,1H3. The van der Waals surface area contributed by atoms with Crippen LogP contribution in [-0.2, 0) is 6.54 Å². The molecule has 0 saturated heterocycles. The molecule has 8 nitrogen and oxygen atoms in total. The van der Waals surface area contributed by atoms with Crippen molar-refractivity contribution in [2.75, 3.05) is 7.05 Å². The molecular formula is C19H16F2N4O4. The summed E-state index contributed by atoms with van der Waals surface area (Å²) >= 11 is 0. The van der Waals surface area contributed by atoms with Crippen molar-refractivity contribution in [2.45, 2.75) is 13.2 Å². The Morgan fingerprint density at radius 3 is 2.59 bits per heavy atom. The summed E-state index contributed by atoms with van der Waals surface area (Å²) in [5.74, 6) is -0.401. The van der Waals surface area contributed by atoms with Gasteiger partial charge in [-0.2, -0.15) is 8.78 Å². The fraction of sp³-hybridized carbons (Fsp3) is 0.158. The summed E-state index contributed by atoms with van der Waals surface area (Å²) in [4.78, 5) is 28.8. The molecule has 3 aromatic rings. The number of halogens is 2. The molecule has 10 heteroatoms. The number of hydrogen-bond acceptors (Lipinski definition) is 5. The largest absolute Gasteiger partial charge is 0.435 e. The maximum Gasteiger partial charge on any atom is 0.387 e. The minimum absolute atomic E-state index is 0.0171. The molecule has 0 fully saturated rings. The molecular weight excluding hydrogens is 386 g/mol. The van der Waals surface area contributed by atoms with Gasteiger partial charge in [0.05, 0.1) is 11.3 Å². The number of carbonyl (C=O) groups is 1. The highest BCUT2D eigenvalue weighted by Gasteiger charge is 2.20. The average molecular weight is 402 g/mol. The summed E-state index contributed by atoms with van der Waals surface area (Å²) in [7, 11) is 1.54. The van der Waals surface area contributed by atoms with Crippen LogP contribution in [0.15, 0.2) is 61.2 Å². The smallest absolute Gasteiger partial charge is 0.387 e. The van der Waals surface area contributed by atoms with Crippen molar-refractivity contribution >= 4 is 11.6 Å². The summed E-state index contributed by atoms with van der Waals surface area (Å²) in [5.41, 5.74) is 0.907. The van der Waals surface area contributed by atoms with Crippen LogP contribution in [-0.4, -0.2) is 38.9 Å². The lowest BCUT2D eigenvalue weighted by Crippen LogP contribution is -2.26. The monoisotopic (exact) mass is 402 g/mol. The molecule has 0 aliphatic rings. The highest BCUT2D eigenvalue weighted by molar-refractivity contribution is 5.95. The third-order valence-corrected chi connectivity index (χ3v) is 4.12. The van der Waals surface area contributed by atoms with Crippen LogP contribution >= 0.6 is 0 Å². The number of aromatic nitrogens is 2. The van der Waals surface area contributed by atoms with E-state index in [0.717, 1.165) is 0 Å². The number of nitrogens with zero attached hydrogens (tertiary/aromatic N) is 4. The van der Waals surface area contributed by atoms with E-state index in [1.807, 2.05) is 0 Å². The summed E-state index contributed by atoms with van der Waals surface area (Å²) in [6.07, 6.45) is 4.49. The molecule has 3 rings (SSSR count). The van der Waals surface area contributed by atoms with E-state index in [1.165, 1.54) is 52.3 Å². The van der Waals surface area contributed by atoms with Crippen molar-refractivity contribution in [3.63, 3.8) is 0 Å². The topological polar surface area (TPSA) is 90.5 Å². The number of rotatable bonds is 7. The Bertz CT molecular complexity index is 1010. The zero-order chi connectivity index (χ0) is 21.0. The molecule has 1 amide bonds. The Morgan fingerprint density at radius 1 is 1.28 bits per heavy atom. The van der Waals surface area contributed by atoms with E-state index >= 15 is 0 Å². The first-order valence-corrected chi connectivity index (χ1v) is 8.41. The SMILES string of the molecule is CN(Cc1ccc(OC(F)F)cc1)C(=O)c1ccc(-n2ccnc2)c([N+](=O)[O-])c1. The molecule has 0 N–H and O–H groups in total. The summed E-state index contributed by atoms with van der Waals surface area (Å²) in [5, 5.41) is 11.4. The van der Waals surface area contributed by atoms with E-state index in [9.17, 15) is 23.7 Å². The zero-order valence-corrected chi connectivity index (χ0v) is 15.2. The number of benzene rings is 2. The highest BCUT2D eigenvalue weighted by Crippen LogP contribution is 2.25. The van der Waals surface area contributed by atoms with Crippen molar-refractivity contribution in [2.24, 2.45) is 0 Å². The van der Waals surface area contributed by atoms with Crippen LogP contribution in [0.4, 0.5) is 14.5 Å². The lowest BCUT2D eigenvalue weighted by atomic mass is 10.1. The quantitative estimate of drug-likeness (QED) is 0.444. The van der Waals surface area contributed by atoms with Crippen molar-refractivity contribution in [1.29, 1.82) is 0 Å². The van der Waals surface area contributed by atoms with Crippen LogP contribution in [0, 0.1) is 10.1 Å². The van der Waals surface area contributed by atoms with Gasteiger partial charge in [0.15, 0.2) is 0 Å². The average Bonchev–Trinajstić information content (AvgIpc) is 3.22. The normalized spacial score (nSPS) is 10.8. The van der Waals surface area contributed by atoms with Crippen LogP contribution in [0.25, 0.3) is 5.69 Å². The fourth-order valence-electron chi connectivity index (χ4n) is 2.77. The number of carbonyl (C=O) groups excluding carboxylic acids is 1. The Kier molecular flexibility index (Phi) is 5.82. The van der Waals surface area contributed by atoms with Crippen LogP contribution in [0.2, 0.25) is 0 Å². The minimum atomic E-state index is -2.91. The molecule has 2 aromatic carbocycles. The highest BCUT2D eigenvalue weighted by atomic mass is 19.3. The Morgan fingerprint density at radius 2 is 2.00 bits per heavy atom. The Labute approximate surface area is 164 Å². The molecule has 0 radical (unpaired) electrons. The second-order valence-corrected chi connectivity index (χ2v) is 6.11. The first-order valence-electron chi connectivity index (χ1n) is 8.41. The first-order chi connectivity index (χ1) is 13.8. The van der Waals surface area contributed by atoms with E-state index in [2.05, 4.69) is 9.72 Å². The van der Waals surface area contributed by atoms with E-state index in [0.29, 0.717) is 11.3 Å². The molecule has 0 aliphatic heterocycles. The molecule has 1 aromatic heterocycles. The van der Waals surface area contributed by atoms with Crippen molar-refractivity contribution in [3.8, 4) is 11.4 Å². The second-order valence-electron chi connectivity index (χ2n) is 6.11. The van der Waals surface area contributed by atoms with Gasteiger partial charge in [-0.3, -0.25) is 14.9 Å².